The molecule has 2 heterocycles. The van der Waals surface area contributed by atoms with Crippen LogP contribution in [0.3, 0.4) is 0 Å². The highest BCUT2D eigenvalue weighted by atomic mass is 32.2. The molecule has 1 N–H and O–H groups in total. The van der Waals surface area contributed by atoms with Crippen LogP contribution in [0.2, 0.25) is 0 Å². The molecule has 4 nitrogen and oxygen atoms in total. The second-order valence-electron chi connectivity index (χ2n) is 3.32. The Balaban J connectivity index is 2.12. The van der Waals surface area contributed by atoms with E-state index in [1.54, 1.807) is 24.7 Å². The standard InChI is InChI=1S/C12H10N2O2S/c15-12(16)10-7-14-6-3-11(10)17-8-9-1-4-13-5-2-9/h1-7H,8H2,(H,15,16). The van der Waals surface area contributed by atoms with Gasteiger partial charge in [-0.25, -0.2) is 4.79 Å². The summed E-state index contributed by atoms with van der Waals surface area (Å²) in [7, 11) is 0. The number of hydrogen-bond donors (Lipinski definition) is 1. The molecule has 0 amide bonds. The zero-order valence-electron chi connectivity index (χ0n) is 8.91. The molecule has 0 aliphatic heterocycles. The van der Waals surface area contributed by atoms with Crippen LogP contribution < -0.4 is 0 Å². The van der Waals surface area contributed by atoms with Crippen LogP contribution in [0.1, 0.15) is 15.9 Å². The Morgan fingerprint density at radius 2 is 1.88 bits per heavy atom. The number of carboxylic acid groups (broad SMARTS) is 1. The van der Waals surface area contributed by atoms with Crippen molar-refractivity contribution >= 4 is 17.7 Å². The van der Waals surface area contributed by atoms with Crippen LogP contribution in [-0.4, -0.2) is 21.0 Å². The van der Waals surface area contributed by atoms with Gasteiger partial charge in [-0.2, -0.15) is 0 Å². The predicted molar refractivity (Wildman–Crippen MR) is 65.0 cm³/mol. The molecule has 2 rings (SSSR count). The van der Waals surface area contributed by atoms with Crippen molar-refractivity contribution in [3.63, 3.8) is 0 Å². The van der Waals surface area contributed by atoms with E-state index in [1.807, 2.05) is 12.1 Å². The maximum atomic E-state index is 11.0. The SMILES string of the molecule is O=C(O)c1cnccc1SCc1ccncc1. The molecule has 0 radical (unpaired) electrons. The van der Waals surface area contributed by atoms with E-state index in [-0.39, 0.29) is 5.56 Å². The third kappa shape index (κ3) is 3.04. The van der Waals surface area contributed by atoms with E-state index < -0.39 is 5.97 Å². The number of rotatable bonds is 4. The Hall–Kier alpha value is -1.88. The first kappa shape index (κ1) is 11.6. The largest absolute Gasteiger partial charge is 0.478 e. The molecule has 0 atom stereocenters. The van der Waals surface area contributed by atoms with E-state index in [1.165, 1.54) is 18.0 Å². The van der Waals surface area contributed by atoms with Crippen LogP contribution in [0.4, 0.5) is 0 Å². The average molecular weight is 246 g/mol. The minimum Gasteiger partial charge on any atom is -0.478 e. The molecule has 0 bridgehead atoms. The quantitative estimate of drug-likeness (QED) is 0.839. The molecular formula is C12H10N2O2S. The summed E-state index contributed by atoms with van der Waals surface area (Å²) in [6.45, 7) is 0. The third-order valence-electron chi connectivity index (χ3n) is 2.16. The smallest absolute Gasteiger partial charge is 0.338 e. The maximum absolute atomic E-state index is 11.0. The molecule has 0 spiro atoms. The van der Waals surface area contributed by atoms with Gasteiger partial charge in [-0.05, 0) is 23.8 Å². The van der Waals surface area contributed by atoms with Gasteiger partial charge >= 0.3 is 5.97 Å². The van der Waals surface area contributed by atoms with Crippen molar-refractivity contribution in [2.45, 2.75) is 10.6 Å². The van der Waals surface area contributed by atoms with E-state index in [9.17, 15) is 4.79 Å². The lowest BCUT2D eigenvalue weighted by molar-refractivity contribution is 0.0692. The van der Waals surface area contributed by atoms with Crippen molar-refractivity contribution in [1.29, 1.82) is 0 Å². The first-order chi connectivity index (χ1) is 8.27. The molecule has 0 saturated heterocycles. The van der Waals surface area contributed by atoms with Gasteiger partial charge < -0.3 is 5.11 Å². The summed E-state index contributed by atoms with van der Waals surface area (Å²) in [5, 5.41) is 9.00. The van der Waals surface area contributed by atoms with Crippen LogP contribution >= 0.6 is 11.8 Å². The van der Waals surface area contributed by atoms with Gasteiger partial charge in [0.25, 0.3) is 0 Å². The van der Waals surface area contributed by atoms with Gasteiger partial charge in [0.05, 0.1) is 5.56 Å². The molecular weight excluding hydrogens is 236 g/mol. The first-order valence-corrected chi connectivity index (χ1v) is 5.95. The van der Waals surface area contributed by atoms with Crippen molar-refractivity contribution in [2.24, 2.45) is 0 Å². The summed E-state index contributed by atoms with van der Waals surface area (Å²) in [5.74, 6) is -0.234. The van der Waals surface area contributed by atoms with E-state index in [0.717, 1.165) is 10.5 Å². The average Bonchev–Trinajstić information content (AvgIpc) is 2.38. The summed E-state index contributed by atoms with van der Waals surface area (Å²) in [5.41, 5.74) is 1.35. The lowest BCUT2D eigenvalue weighted by Gasteiger charge is -2.04. The summed E-state index contributed by atoms with van der Waals surface area (Å²) in [6.07, 6.45) is 6.42. The van der Waals surface area contributed by atoms with Gasteiger partial charge in [-0.15, -0.1) is 11.8 Å². The lowest BCUT2D eigenvalue weighted by atomic mass is 10.3. The normalized spacial score (nSPS) is 10.1. The van der Waals surface area contributed by atoms with Gasteiger partial charge in [-0.1, -0.05) is 0 Å². The summed E-state index contributed by atoms with van der Waals surface area (Å²) in [6, 6.07) is 5.54. The van der Waals surface area contributed by atoms with Crippen LogP contribution in [0.5, 0.6) is 0 Å². The van der Waals surface area contributed by atoms with Gasteiger partial charge in [0, 0.05) is 35.4 Å². The summed E-state index contributed by atoms with van der Waals surface area (Å²) < 4.78 is 0. The Morgan fingerprint density at radius 3 is 2.59 bits per heavy atom. The molecule has 2 aromatic heterocycles. The van der Waals surface area contributed by atoms with Crippen LogP contribution in [0.25, 0.3) is 0 Å². The van der Waals surface area contributed by atoms with E-state index >= 15 is 0 Å². The fourth-order valence-electron chi connectivity index (χ4n) is 1.31. The Bertz CT molecular complexity index is 517. The van der Waals surface area contributed by atoms with E-state index in [4.69, 9.17) is 5.11 Å². The Labute approximate surface area is 103 Å². The minimum absolute atomic E-state index is 0.242. The third-order valence-corrected chi connectivity index (χ3v) is 3.30. The molecule has 0 unspecified atom stereocenters. The van der Waals surface area contributed by atoms with Crippen molar-refractivity contribution in [2.75, 3.05) is 0 Å². The topological polar surface area (TPSA) is 63.1 Å². The molecule has 0 aliphatic rings. The zero-order chi connectivity index (χ0) is 12.1. The minimum atomic E-state index is -0.949. The number of aromatic carboxylic acids is 1. The van der Waals surface area contributed by atoms with Crippen molar-refractivity contribution in [3.05, 3.63) is 54.1 Å². The van der Waals surface area contributed by atoms with E-state index in [0.29, 0.717) is 5.75 Å². The number of carbonyl (C=O) groups is 1. The predicted octanol–water partition coefficient (Wildman–Crippen LogP) is 2.47. The van der Waals surface area contributed by atoms with Gasteiger partial charge in [0.15, 0.2) is 0 Å². The highest BCUT2D eigenvalue weighted by Crippen LogP contribution is 2.25. The second-order valence-corrected chi connectivity index (χ2v) is 4.34. The number of carboxylic acids is 1. The van der Waals surface area contributed by atoms with Crippen molar-refractivity contribution in [1.82, 2.24) is 9.97 Å². The highest BCUT2D eigenvalue weighted by molar-refractivity contribution is 7.98. The molecule has 5 heteroatoms. The Morgan fingerprint density at radius 1 is 1.18 bits per heavy atom. The molecule has 17 heavy (non-hydrogen) atoms. The van der Waals surface area contributed by atoms with Gasteiger partial charge in [0.2, 0.25) is 0 Å². The summed E-state index contributed by atoms with van der Waals surface area (Å²) >= 11 is 1.48. The van der Waals surface area contributed by atoms with Gasteiger partial charge in [0.1, 0.15) is 0 Å². The highest BCUT2D eigenvalue weighted by Gasteiger charge is 2.09. The number of aromatic nitrogens is 2. The molecule has 0 aliphatic carbocycles. The Kier molecular flexibility index (Phi) is 3.72. The van der Waals surface area contributed by atoms with E-state index in [2.05, 4.69) is 9.97 Å². The lowest BCUT2D eigenvalue weighted by Crippen LogP contribution is -1.99. The monoisotopic (exact) mass is 246 g/mol. The van der Waals surface area contributed by atoms with Crippen molar-refractivity contribution < 1.29 is 9.90 Å². The number of thioether (sulfide) groups is 1. The zero-order valence-corrected chi connectivity index (χ0v) is 9.72. The molecule has 0 aromatic carbocycles. The molecule has 0 fully saturated rings. The molecule has 0 saturated carbocycles. The maximum Gasteiger partial charge on any atom is 0.338 e. The van der Waals surface area contributed by atoms with Gasteiger partial charge in [-0.3, -0.25) is 9.97 Å². The number of hydrogen-bond acceptors (Lipinski definition) is 4. The van der Waals surface area contributed by atoms with Crippen LogP contribution in [-0.2, 0) is 5.75 Å². The second kappa shape index (κ2) is 5.45. The fourth-order valence-corrected chi connectivity index (χ4v) is 2.28. The first-order valence-electron chi connectivity index (χ1n) is 4.96. The molecule has 86 valence electrons. The fraction of sp³-hybridized carbons (Fsp3) is 0.0833. The summed E-state index contributed by atoms with van der Waals surface area (Å²) in [4.78, 5) is 19.4. The number of pyridine rings is 2. The number of nitrogens with zero attached hydrogens (tertiary/aromatic N) is 2. The van der Waals surface area contributed by atoms with Crippen LogP contribution in [0.15, 0.2) is 47.9 Å². The van der Waals surface area contributed by atoms with Crippen molar-refractivity contribution in [3.8, 4) is 0 Å². The molecule has 2 aromatic rings. The van der Waals surface area contributed by atoms with Crippen LogP contribution in [0, 0.1) is 0 Å².